The number of piperidine rings is 3. The number of rotatable bonds is 12. The number of carbonyl (C=O) groups is 1. The number of nitrogens with two attached hydrogens (primary N) is 1. The average molecular weight is 1260 g/mol. The van der Waals surface area contributed by atoms with Gasteiger partial charge in [0.25, 0.3) is 0 Å². The Morgan fingerprint density at radius 2 is 0.989 bits per heavy atom. The van der Waals surface area contributed by atoms with E-state index in [1.807, 2.05) is 77.8 Å². The first kappa shape index (κ1) is 61.2. The molecule has 6 fully saturated rings. The number of nitrogens with zero attached hydrogens (tertiary/aromatic N) is 13. The number of aryl methyl sites for hydroxylation is 2. The number of amidine groups is 1. The van der Waals surface area contributed by atoms with Crippen LogP contribution in [-0.2, 0) is 21.0 Å². The highest BCUT2D eigenvalue weighted by atomic mass is 35.5. The first-order valence-corrected chi connectivity index (χ1v) is 30.5. The average Bonchev–Trinajstić information content (AvgIpc) is 1.59. The predicted octanol–water partition coefficient (Wildman–Crippen LogP) is 11.1. The van der Waals surface area contributed by atoms with E-state index in [9.17, 15) is 18.0 Å². The van der Waals surface area contributed by atoms with Gasteiger partial charge in [0, 0.05) is 88.8 Å². The summed E-state index contributed by atoms with van der Waals surface area (Å²) in [5.74, 6) is 5.47. The lowest BCUT2D eigenvalue weighted by Crippen LogP contribution is -2.30. The van der Waals surface area contributed by atoms with E-state index in [-0.39, 0.29) is 46.0 Å². The zero-order chi connectivity index (χ0) is 61.5. The van der Waals surface area contributed by atoms with Gasteiger partial charge in [-0.25, -0.2) is 33.1 Å². The number of ketones is 1. The second-order valence-corrected chi connectivity index (χ2v) is 24.6. The second-order valence-electron chi connectivity index (χ2n) is 22.6. The SMILES string of the molecule is CC(=O)CN.COc1ccc(-n2c(C)nnc2N2C[C@@H]3C[C@]3(c3ccc(F)cc3Cl)C2)cn1.COc1ccc(-n2c(C)nnc2N2C[C@@H]3C[C@]3(c3ccc(F)cc3Cl)C2)cn1.COc1ccc(N=C(SC)N2C[C@@H]3C[C@]3(c3ccc(F)cc3Cl)C2)cn1. The molecule has 18 nitrogen and oxygen atoms in total. The Hall–Kier alpha value is -7.50. The van der Waals surface area contributed by atoms with Crippen molar-refractivity contribution in [2.75, 3.05) is 83.2 Å². The van der Waals surface area contributed by atoms with Gasteiger partial charge >= 0.3 is 0 Å². The van der Waals surface area contributed by atoms with E-state index in [0.29, 0.717) is 50.5 Å². The van der Waals surface area contributed by atoms with Crippen LogP contribution in [-0.4, -0.2) is 134 Å². The third-order valence-corrected chi connectivity index (χ3v) is 18.9. The standard InChI is InChI=1S/2C20H19ClFN5O.C19H19ClFN3OS.C3H7NO/c2*1-12-24-25-19(27(12)15-4-6-18(28-2)23-9-15)26-10-13-8-20(13,11-26)16-5-3-14(22)7-17(16)21;1-25-17-6-4-14(9-22-17)23-18(26-2)24-10-12-8-19(12,11-24)15-5-3-13(21)7-16(15)20;1-3(5)2-4/h2*3-7,9,13H,8,10-11H2,1-2H3;3-7,9,12H,8,10-11H2,1-2H3;2,4H2,1H3/t2*13-,20-;12-,19-;/m000./s1. The molecule has 3 saturated heterocycles. The smallest absolute Gasteiger partial charge is 0.231 e. The summed E-state index contributed by atoms with van der Waals surface area (Å²) in [4.78, 5) is 34.0. The van der Waals surface area contributed by atoms with Gasteiger partial charge in [-0.15, -0.1) is 20.4 Å². The molecule has 3 aliphatic heterocycles. The van der Waals surface area contributed by atoms with Gasteiger partial charge in [0.15, 0.2) is 5.17 Å². The van der Waals surface area contributed by atoms with Crippen molar-refractivity contribution in [2.24, 2.45) is 28.5 Å². The van der Waals surface area contributed by atoms with Crippen molar-refractivity contribution in [1.29, 1.82) is 0 Å². The Bertz CT molecular complexity index is 3700. The number of fused-ring (bicyclic) bond motifs is 3. The van der Waals surface area contributed by atoms with Crippen LogP contribution in [0.1, 0.15) is 54.5 Å². The van der Waals surface area contributed by atoms with Crippen molar-refractivity contribution in [3.8, 4) is 29.0 Å². The number of likely N-dealkylation sites (tertiary alicyclic amines) is 1. The Morgan fingerprint density at radius 3 is 1.33 bits per heavy atom. The number of hydrogen-bond acceptors (Lipinski definition) is 16. The van der Waals surface area contributed by atoms with E-state index in [1.54, 1.807) is 57.7 Å². The molecule has 14 rings (SSSR count). The molecule has 2 N–H and O–H groups in total. The topological polar surface area (TPSA) is 193 Å². The van der Waals surface area contributed by atoms with E-state index in [0.717, 1.165) is 121 Å². The van der Waals surface area contributed by atoms with Crippen LogP contribution in [0.15, 0.2) is 115 Å². The van der Waals surface area contributed by atoms with E-state index in [1.165, 1.54) is 43.3 Å². The van der Waals surface area contributed by atoms with Gasteiger partial charge < -0.3 is 34.6 Å². The van der Waals surface area contributed by atoms with Crippen LogP contribution in [0.2, 0.25) is 15.1 Å². The number of hydrogen-bond donors (Lipinski definition) is 1. The van der Waals surface area contributed by atoms with Crippen LogP contribution < -0.4 is 29.7 Å². The number of carbonyl (C=O) groups excluding carboxylic acids is 1. The van der Waals surface area contributed by atoms with Gasteiger partial charge in [-0.3, -0.25) is 13.9 Å². The number of methoxy groups -OCH3 is 3. The summed E-state index contributed by atoms with van der Waals surface area (Å²) >= 11 is 20.7. The molecule has 3 saturated carbocycles. The van der Waals surface area contributed by atoms with E-state index >= 15 is 0 Å². The van der Waals surface area contributed by atoms with Crippen molar-refractivity contribution < 1.29 is 32.2 Å². The van der Waals surface area contributed by atoms with Gasteiger partial charge in [0.2, 0.25) is 29.5 Å². The number of aliphatic imine (C=N–C) groups is 1. The maximum Gasteiger partial charge on any atom is 0.231 e. The highest BCUT2D eigenvalue weighted by molar-refractivity contribution is 8.13. The Balaban J connectivity index is 0.000000130. The van der Waals surface area contributed by atoms with Crippen LogP contribution >= 0.6 is 46.6 Å². The molecule has 6 aliphatic rings. The normalized spacial score (nSPS) is 22.6. The quantitative estimate of drug-likeness (QED) is 0.0896. The fourth-order valence-corrected chi connectivity index (χ4v) is 14.4. The monoisotopic (exact) mass is 1260 g/mol. The molecule has 0 unspecified atom stereocenters. The Kier molecular flexibility index (Phi) is 17.5. The molecule has 8 heterocycles. The number of ether oxygens (including phenoxy) is 3. The molecule has 87 heavy (non-hydrogen) atoms. The zero-order valence-corrected chi connectivity index (χ0v) is 52.0. The largest absolute Gasteiger partial charge is 0.481 e. The lowest BCUT2D eigenvalue weighted by molar-refractivity contribution is -0.115. The van der Waals surface area contributed by atoms with E-state index in [4.69, 9.17) is 59.7 Å². The van der Waals surface area contributed by atoms with Crippen LogP contribution in [0.4, 0.5) is 30.8 Å². The van der Waals surface area contributed by atoms with Crippen molar-refractivity contribution >= 4 is 75.1 Å². The van der Waals surface area contributed by atoms with Gasteiger partial charge in [0.1, 0.15) is 34.9 Å². The number of anilines is 2. The lowest BCUT2D eigenvalue weighted by Gasteiger charge is -2.24. The summed E-state index contributed by atoms with van der Waals surface area (Å²) in [6, 6.07) is 25.4. The number of aromatic nitrogens is 9. The van der Waals surface area contributed by atoms with Gasteiger partial charge in [-0.1, -0.05) is 64.8 Å². The molecule has 0 spiro atoms. The van der Waals surface area contributed by atoms with Crippen LogP contribution in [0, 0.1) is 49.1 Å². The van der Waals surface area contributed by atoms with Gasteiger partial charge in [-0.2, -0.15) is 0 Å². The Labute approximate surface area is 521 Å². The molecule has 0 radical (unpaired) electrons. The number of halogens is 6. The molecule has 8 aromatic rings. The molecule has 6 atom stereocenters. The van der Waals surface area contributed by atoms with Crippen LogP contribution in [0.25, 0.3) is 11.4 Å². The fraction of sp³-hybridized carbons (Fsp3) is 0.371. The van der Waals surface area contributed by atoms with Crippen LogP contribution in [0.5, 0.6) is 17.6 Å². The molecule has 0 bridgehead atoms. The maximum absolute atomic E-state index is 13.5. The maximum atomic E-state index is 13.5. The summed E-state index contributed by atoms with van der Waals surface area (Å²) in [6.45, 7) is 10.6. The van der Waals surface area contributed by atoms with Crippen LogP contribution in [0.3, 0.4) is 0 Å². The third kappa shape index (κ3) is 12.3. The fourth-order valence-electron chi connectivity index (χ4n) is 12.7. The molecule has 3 aliphatic carbocycles. The highest BCUT2D eigenvalue weighted by Crippen LogP contribution is 2.63. The molecular weight excluding hydrogens is 1200 g/mol. The molecule has 454 valence electrons. The highest BCUT2D eigenvalue weighted by Gasteiger charge is 2.64. The molecule has 5 aromatic heterocycles. The predicted molar refractivity (Wildman–Crippen MR) is 332 cm³/mol. The minimum Gasteiger partial charge on any atom is -0.481 e. The minimum absolute atomic E-state index is 0.0272. The van der Waals surface area contributed by atoms with Crippen molar-refractivity contribution in [3.05, 3.63) is 170 Å². The van der Waals surface area contributed by atoms with E-state index in [2.05, 4.69) is 50.0 Å². The summed E-state index contributed by atoms with van der Waals surface area (Å²) in [7, 11) is 4.77. The number of Topliss-reactive ketones (excluding diaryl/α,β-unsaturated/α-hetero) is 1. The summed E-state index contributed by atoms with van der Waals surface area (Å²) < 4.78 is 59.7. The molecule has 0 amide bonds. The lowest BCUT2D eigenvalue weighted by atomic mass is 9.95. The summed E-state index contributed by atoms with van der Waals surface area (Å²) in [5, 5.41) is 19.9. The van der Waals surface area contributed by atoms with Crippen molar-refractivity contribution in [2.45, 2.75) is 56.3 Å². The summed E-state index contributed by atoms with van der Waals surface area (Å²) in [6.07, 6.45) is 10.5. The number of thioether (sulfide) groups is 1. The third-order valence-electron chi connectivity index (χ3n) is 17.3. The summed E-state index contributed by atoms with van der Waals surface area (Å²) in [5.41, 5.74) is 10.4. The zero-order valence-electron chi connectivity index (χ0n) is 48.9. The molecule has 3 aromatic carbocycles. The van der Waals surface area contributed by atoms with Crippen molar-refractivity contribution in [1.82, 2.24) is 49.4 Å². The molecular formula is C62H64Cl3F3N14O4S. The second kappa shape index (κ2) is 24.9. The first-order chi connectivity index (χ1) is 41.9. The molecule has 25 heteroatoms. The minimum atomic E-state index is -0.306. The van der Waals surface area contributed by atoms with E-state index < -0.39 is 0 Å². The number of benzene rings is 3. The van der Waals surface area contributed by atoms with Gasteiger partial charge in [-0.05, 0) is 135 Å². The first-order valence-electron chi connectivity index (χ1n) is 28.1. The van der Waals surface area contributed by atoms with Crippen molar-refractivity contribution in [3.63, 3.8) is 0 Å². The van der Waals surface area contributed by atoms with Gasteiger partial charge in [0.05, 0.1) is 63.5 Å². The number of pyridine rings is 3. The Morgan fingerprint density at radius 1 is 0.598 bits per heavy atom.